The average Bonchev–Trinajstić information content (AvgIpc) is 2.89. The second-order valence-electron chi connectivity index (χ2n) is 4.07. The molecule has 90 valence electrons. The zero-order valence-electron chi connectivity index (χ0n) is 9.90. The number of carbonyl (C=O) groups is 1. The minimum absolute atomic E-state index is 0.000874. The van der Waals surface area contributed by atoms with Crippen molar-refractivity contribution in [3.63, 3.8) is 0 Å². The Labute approximate surface area is 99.6 Å². The molecule has 0 aliphatic rings. The van der Waals surface area contributed by atoms with Crippen LogP contribution in [-0.2, 0) is 6.42 Å². The first kappa shape index (κ1) is 11.5. The predicted octanol–water partition coefficient (Wildman–Crippen LogP) is 2.54. The van der Waals surface area contributed by atoms with E-state index < -0.39 is 0 Å². The van der Waals surface area contributed by atoms with Crippen molar-refractivity contribution in [2.45, 2.75) is 26.3 Å². The molecule has 2 rings (SSSR count). The zero-order valence-corrected chi connectivity index (χ0v) is 9.90. The molecule has 4 heteroatoms. The summed E-state index contributed by atoms with van der Waals surface area (Å²) in [4.78, 5) is 11.8. The normalized spacial score (nSPS) is 12.4. The van der Waals surface area contributed by atoms with Crippen molar-refractivity contribution < 1.29 is 13.6 Å². The van der Waals surface area contributed by atoms with E-state index in [1.165, 1.54) is 0 Å². The lowest BCUT2D eigenvalue weighted by molar-refractivity contribution is 0.0910. The highest BCUT2D eigenvalue weighted by atomic mass is 16.3. The Kier molecular flexibility index (Phi) is 3.32. The van der Waals surface area contributed by atoms with Gasteiger partial charge < -0.3 is 14.2 Å². The van der Waals surface area contributed by atoms with Crippen molar-refractivity contribution in [2.75, 3.05) is 0 Å². The highest BCUT2D eigenvalue weighted by molar-refractivity contribution is 5.91. The molecule has 0 saturated heterocycles. The molecule has 0 aliphatic carbocycles. The quantitative estimate of drug-likeness (QED) is 0.882. The minimum Gasteiger partial charge on any atom is -0.469 e. The number of nitrogens with one attached hydrogen (secondary N) is 1. The molecule has 2 heterocycles. The van der Waals surface area contributed by atoms with Gasteiger partial charge in [-0.15, -0.1) is 0 Å². The van der Waals surface area contributed by atoms with Crippen molar-refractivity contribution in [3.05, 3.63) is 47.8 Å². The molecule has 4 nitrogen and oxygen atoms in total. The maximum atomic E-state index is 11.8. The fraction of sp³-hybridized carbons (Fsp3) is 0.308. The number of aryl methyl sites for hydroxylation is 1. The van der Waals surface area contributed by atoms with Crippen LogP contribution in [0.15, 0.2) is 39.4 Å². The molecule has 1 amide bonds. The Morgan fingerprint density at radius 3 is 2.82 bits per heavy atom. The van der Waals surface area contributed by atoms with E-state index in [1.54, 1.807) is 18.4 Å². The Hall–Kier alpha value is -1.97. The summed E-state index contributed by atoms with van der Waals surface area (Å²) in [6.07, 6.45) is 2.29. The van der Waals surface area contributed by atoms with E-state index in [9.17, 15) is 4.79 Å². The van der Waals surface area contributed by atoms with Crippen molar-refractivity contribution in [3.8, 4) is 0 Å². The van der Waals surface area contributed by atoms with E-state index in [0.717, 1.165) is 11.5 Å². The zero-order chi connectivity index (χ0) is 12.3. The molecule has 2 aromatic heterocycles. The van der Waals surface area contributed by atoms with Crippen LogP contribution in [0, 0.1) is 6.92 Å². The summed E-state index contributed by atoms with van der Waals surface area (Å²) in [5.74, 6) is 1.73. The van der Waals surface area contributed by atoms with Crippen LogP contribution in [0.25, 0.3) is 0 Å². The van der Waals surface area contributed by atoms with Crippen LogP contribution in [0.4, 0.5) is 0 Å². The molecule has 2 aromatic rings. The van der Waals surface area contributed by atoms with Crippen LogP contribution < -0.4 is 5.32 Å². The fourth-order valence-corrected chi connectivity index (χ4v) is 1.63. The van der Waals surface area contributed by atoms with Gasteiger partial charge >= 0.3 is 0 Å². The summed E-state index contributed by atoms with van der Waals surface area (Å²) in [6.45, 7) is 3.74. The molecule has 0 fully saturated rings. The summed E-state index contributed by atoms with van der Waals surface area (Å²) in [6, 6.07) is 7.16. The number of hydrogen-bond acceptors (Lipinski definition) is 3. The number of furan rings is 2. The molecular formula is C13H15NO3. The standard InChI is InChI=1S/C13H15NO3/c1-9(8-11-4-3-7-16-11)14-13(15)12-6-5-10(2)17-12/h3-7,9H,8H2,1-2H3,(H,14,15)/t9-/m0/s1. The van der Waals surface area contributed by atoms with Gasteiger partial charge in [0.2, 0.25) is 0 Å². The monoisotopic (exact) mass is 233 g/mol. The third-order valence-corrected chi connectivity index (χ3v) is 2.43. The maximum Gasteiger partial charge on any atom is 0.287 e. The molecular weight excluding hydrogens is 218 g/mol. The van der Waals surface area contributed by atoms with Crippen LogP contribution in [-0.4, -0.2) is 11.9 Å². The van der Waals surface area contributed by atoms with Gasteiger partial charge in [0, 0.05) is 12.5 Å². The molecule has 1 atom stereocenters. The van der Waals surface area contributed by atoms with Gasteiger partial charge in [-0.05, 0) is 38.1 Å². The second kappa shape index (κ2) is 4.91. The fourth-order valence-electron chi connectivity index (χ4n) is 1.63. The topological polar surface area (TPSA) is 55.4 Å². The smallest absolute Gasteiger partial charge is 0.287 e. The van der Waals surface area contributed by atoms with E-state index in [4.69, 9.17) is 8.83 Å². The first-order valence-corrected chi connectivity index (χ1v) is 5.55. The van der Waals surface area contributed by atoms with E-state index in [0.29, 0.717) is 12.2 Å². The number of rotatable bonds is 4. The number of amides is 1. The second-order valence-corrected chi connectivity index (χ2v) is 4.07. The summed E-state index contributed by atoms with van der Waals surface area (Å²) in [5, 5.41) is 2.86. The van der Waals surface area contributed by atoms with Crippen molar-refractivity contribution >= 4 is 5.91 Å². The van der Waals surface area contributed by atoms with Crippen LogP contribution in [0.2, 0.25) is 0 Å². The van der Waals surface area contributed by atoms with Gasteiger partial charge in [-0.25, -0.2) is 0 Å². The van der Waals surface area contributed by atoms with Gasteiger partial charge in [-0.1, -0.05) is 0 Å². The molecule has 0 unspecified atom stereocenters. The van der Waals surface area contributed by atoms with Crippen molar-refractivity contribution in [2.24, 2.45) is 0 Å². The Morgan fingerprint density at radius 1 is 1.41 bits per heavy atom. The summed E-state index contributed by atoms with van der Waals surface area (Å²) >= 11 is 0. The number of hydrogen-bond donors (Lipinski definition) is 1. The minimum atomic E-state index is -0.197. The summed E-state index contributed by atoms with van der Waals surface area (Å²) < 4.78 is 10.5. The lowest BCUT2D eigenvalue weighted by atomic mass is 10.2. The Bertz CT molecular complexity index is 484. The van der Waals surface area contributed by atoms with Gasteiger partial charge in [0.1, 0.15) is 11.5 Å². The van der Waals surface area contributed by atoms with E-state index >= 15 is 0 Å². The van der Waals surface area contributed by atoms with Gasteiger partial charge in [0.25, 0.3) is 5.91 Å². The molecule has 1 N–H and O–H groups in total. The predicted molar refractivity (Wildman–Crippen MR) is 62.8 cm³/mol. The van der Waals surface area contributed by atoms with Crippen molar-refractivity contribution in [1.82, 2.24) is 5.32 Å². The average molecular weight is 233 g/mol. The van der Waals surface area contributed by atoms with Crippen LogP contribution >= 0.6 is 0 Å². The Balaban J connectivity index is 1.90. The molecule has 17 heavy (non-hydrogen) atoms. The molecule has 0 bridgehead atoms. The molecule has 0 aliphatic heterocycles. The third kappa shape index (κ3) is 3.00. The summed E-state index contributed by atoms with van der Waals surface area (Å²) in [5.41, 5.74) is 0. The molecule has 0 spiro atoms. The first-order valence-electron chi connectivity index (χ1n) is 5.55. The van der Waals surface area contributed by atoms with Crippen molar-refractivity contribution in [1.29, 1.82) is 0 Å². The van der Waals surface area contributed by atoms with E-state index in [1.807, 2.05) is 26.0 Å². The van der Waals surface area contributed by atoms with Gasteiger partial charge in [-0.3, -0.25) is 4.79 Å². The lowest BCUT2D eigenvalue weighted by Crippen LogP contribution is -2.33. The van der Waals surface area contributed by atoms with Gasteiger partial charge in [0.15, 0.2) is 5.76 Å². The van der Waals surface area contributed by atoms with Crippen LogP contribution in [0.1, 0.15) is 29.0 Å². The van der Waals surface area contributed by atoms with E-state index in [-0.39, 0.29) is 11.9 Å². The molecule has 0 saturated carbocycles. The van der Waals surface area contributed by atoms with E-state index in [2.05, 4.69) is 5.32 Å². The summed E-state index contributed by atoms with van der Waals surface area (Å²) in [7, 11) is 0. The lowest BCUT2D eigenvalue weighted by Gasteiger charge is -2.10. The highest BCUT2D eigenvalue weighted by Crippen LogP contribution is 2.08. The van der Waals surface area contributed by atoms with Crippen LogP contribution in [0.5, 0.6) is 0 Å². The largest absolute Gasteiger partial charge is 0.469 e. The SMILES string of the molecule is Cc1ccc(C(=O)N[C@@H](C)Cc2ccco2)o1. The number of carbonyl (C=O) groups excluding carboxylic acids is 1. The van der Waals surface area contributed by atoms with Gasteiger partial charge in [0.05, 0.1) is 6.26 Å². The first-order chi connectivity index (χ1) is 8.15. The Morgan fingerprint density at radius 2 is 2.24 bits per heavy atom. The molecule has 0 radical (unpaired) electrons. The van der Waals surface area contributed by atoms with Crippen LogP contribution in [0.3, 0.4) is 0 Å². The third-order valence-electron chi connectivity index (χ3n) is 2.43. The van der Waals surface area contributed by atoms with Gasteiger partial charge in [-0.2, -0.15) is 0 Å². The molecule has 0 aromatic carbocycles. The maximum absolute atomic E-state index is 11.8. The highest BCUT2D eigenvalue weighted by Gasteiger charge is 2.13.